The highest BCUT2D eigenvalue weighted by Gasteiger charge is 2.13. The molecule has 1 aromatic rings. The minimum Gasteiger partial charge on any atom is -0.497 e. The Labute approximate surface area is 96.0 Å². The number of ether oxygens (including phenoxy) is 1. The second-order valence-electron chi connectivity index (χ2n) is 3.45. The average molecular weight is 224 g/mol. The van der Waals surface area contributed by atoms with Crippen LogP contribution in [0.2, 0.25) is 0 Å². The van der Waals surface area contributed by atoms with Gasteiger partial charge in [0, 0.05) is 19.5 Å². The van der Waals surface area contributed by atoms with Crippen LogP contribution in [0.5, 0.6) is 5.75 Å². The van der Waals surface area contributed by atoms with Crippen molar-refractivity contribution >= 4 is 7.12 Å². The third kappa shape index (κ3) is 4.66. The lowest BCUT2D eigenvalue weighted by atomic mass is 9.81. The van der Waals surface area contributed by atoms with Crippen molar-refractivity contribution in [3.05, 3.63) is 29.8 Å². The van der Waals surface area contributed by atoms with Crippen LogP contribution in [0.3, 0.4) is 0 Å². The van der Waals surface area contributed by atoms with Gasteiger partial charge >= 0.3 is 7.12 Å². The zero-order valence-corrected chi connectivity index (χ0v) is 9.43. The van der Waals surface area contributed by atoms with Crippen LogP contribution in [0.25, 0.3) is 0 Å². The van der Waals surface area contributed by atoms with E-state index < -0.39 is 7.12 Å². The molecule has 0 aromatic heterocycles. The fourth-order valence-electron chi connectivity index (χ4n) is 1.31. The summed E-state index contributed by atoms with van der Waals surface area (Å²) in [5, 5.41) is 18.1. The molecule has 0 fully saturated rings. The third-order valence-electron chi connectivity index (χ3n) is 2.18. The summed E-state index contributed by atoms with van der Waals surface area (Å²) in [6.07, 6.45) is 0.981. The fourth-order valence-corrected chi connectivity index (χ4v) is 1.31. The van der Waals surface area contributed by atoms with Crippen LogP contribution in [-0.4, -0.2) is 37.6 Å². The van der Waals surface area contributed by atoms with E-state index in [4.69, 9.17) is 14.5 Å². The Kier molecular flexibility index (Phi) is 5.92. The number of hydrogen-bond acceptors (Lipinski definition) is 4. The van der Waals surface area contributed by atoms with Gasteiger partial charge in [-0.05, 0) is 24.1 Å². The summed E-state index contributed by atoms with van der Waals surface area (Å²) in [6, 6.07) is 7.46. The van der Waals surface area contributed by atoms with Crippen LogP contribution in [0.15, 0.2) is 24.3 Å². The van der Waals surface area contributed by atoms with Crippen LogP contribution in [0.4, 0.5) is 0 Å². The maximum Gasteiger partial charge on any atom is 0.458 e. The van der Waals surface area contributed by atoms with Crippen molar-refractivity contribution in [3.8, 4) is 5.75 Å². The number of hydrogen-bond donors (Lipinski definition) is 2. The molecule has 88 valence electrons. The summed E-state index contributed by atoms with van der Waals surface area (Å²) in [5.74, 6) is 0.791. The molecule has 5 heteroatoms. The van der Waals surface area contributed by atoms with Crippen molar-refractivity contribution in [2.75, 3.05) is 20.3 Å². The topological polar surface area (TPSA) is 58.9 Å². The Morgan fingerprint density at radius 2 is 1.94 bits per heavy atom. The lowest BCUT2D eigenvalue weighted by molar-refractivity contribution is 0.210. The third-order valence-corrected chi connectivity index (χ3v) is 2.18. The molecular weight excluding hydrogens is 207 g/mol. The Balaban J connectivity index is 2.34. The van der Waals surface area contributed by atoms with Crippen molar-refractivity contribution in [2.45, 2.75) is 12.7 Å². The van der Waals surface area contributed by atoms with Gasteiger partial charge in [0.25, 0.3) is 0 Å². The van der Waals surface area contributed by atoms with Gasteiger partial charge in [-0.2, -0.15) is 0 Å². The summed E-state index contributed by atoms with van der Waals surface area (Å²) in [6.45, 7) is 0.447. The highest BCUT2D eigenvalue weighted by molar-refractivity contribution is 6.42. The van der Waals surface area contributed by atoms with Gasteiger partial charge in [-0.15, -0.1) is 0 Å². The van der Waals surface area contributed by atoms with Gasteiger partial charge in [-0.3, -0.25) is 0 Å². The predicted octanol–water partition coefficient (Wildman–Crippen LogP) is 0.656. The van der Waals surface area contributed by atoms with Gasteiger partial charge in [0.1, 0.15) is 5.75 Å². The van der Waals surface area contributed by atoms with Crippen LogP contribution >= 0.6 is 0 Å². The van der Waals surface area contributed by atoms with Gasteiger partial charge < -0.3 is 19.5 Å². The molecule has 16 heavy (non-hydrogen) atoms. The molecular formula is C11H17BO4. The van der Waals surface area contributed by atoms with Crippen LogP contribution in [0.1, 0.15) is 12.0 Å². The SMILES string of the molecule is COc1ccc(CB(O)OCCCO)cc1. The standard InChI is InChI=1S/C11H17BO4/c1-15-11-5-3-10(4-6-11)9-12(14)16-8-2-7-13/h3-6,13-14H,2,7-9H2,1H3. The van der Waals surface area contributed by atoms with Crippen molar-refractivity contribution < 1.29 is 19.5 Å². The molecule has 0 atom stereocenters. The molecule has 0 aliphatic rings. The molecule has 0 saturated heterocycles. The normalized spacial score (nSPS) is 10.2. The first kappa shape index (κ1) is 13.0. The Bertz CT molecular complexity index is 289. The van der Waals surface area contributed by atoms with Gasteiger partial charge in [0.15, 0.2) is 0 Å². The summed E-state index contributed by atoms with van der Waals surface area (Å²) < 4.78 is 10.1. The lowest BCUT2D eigenvalue weighted by Crippen LogP contribution is -2.22. The molecule has 4 nitrogen and oxygen atoms in total. The van der Waals surface area contributed by atoms with E-state index in [1.165, 1.54) is 0 Å². The van der Waals surface area contributed by atoms with Crippen molar-refractivity contribution in [1.29, 1.82) is 0 Å². The molecule has 2 N–H and O–H groups in total. The van der Waals surface area contributed by atoms with E-state index in [0.29, 0.717) is 19.3 Å². The van der Waals surface area contributed by atoms with Gasteiger partial charge in [0.05, 0.1) is 7.11 Å². The fraction of sp³-hybridized carbons (Fsp3) is 0.455. The van der Waals surface area contributed by atoms with Gasteiger partial charge in [-0.1, -0.05) is 12.1 Å². The van der Waals surface area contributed by atoms with E-state index in [0.717, 1.165) is 11.3 Å². The predicted molar refractivity (Wildman–Crippen MR) is 62.3 cm³/mol. The molecule has 0 saturated carbocycles. The zero-order chi connectivity index (χ0) is 11.8. The number of aliphatic hydroxyl groups excluding tert-OH is 1. The van der Waals surface area contributed by atoms with E-state index in [9.17, 15) is 5.02 Å². The van der Waals surface area contributed by atoms with Gasteiger partial charge in [0.2, 0.25) is 0 Å². The number of benzene rings is 1. The summed E-state index contributed by atoms with van der Waals surface area (Å²) in [5.41, 5.74) is 0.984. The molecule has 0 bridgehead atoms. The van der Waals surface area contributed by atoms with Crippen LogP contribution in [-0.2, 0) is 11.0 Å². The monoisotopic (exact) mass is 224 g/mol. The highest BCUT2D eigenvalue weighted by Crippen LogP contribution is 2.12. The zero-order valence-electron chi connectivity index (χ0n) is 9.43. The second kappa shape index (κ2) is 7.27. The number of methoxy groups -OCH3 is 1. The largest absolute Gasteiger partial charge is 0.497 e. The van der Waals surface area contributed by atoms with E-state index >= 15 is 0 Å². The molecule has 0 aliphatic carbocycles. The van der Waals surface area contributed by atoms with Gasteiger partial charge in [-0.25, -0.2) is 0 Å². The molecule has 1 rings (SSSR count). The minimum atomic E-state index is -0.819. The van der Waals surface area contributed by atoms with E-state index in [1.54, 1.807) is 7.11 Å². The number of rotatable bonds is 7. The maximum absolute atomic E-state index is 9.52. The minimum absolute atomic E-state index is 0.0786. The molecule has 0 heterocycles. The van der Waals surface area contributed by atoms with Crippen LogP contribution < -0.4 is 4.74 Å². The second-order valence-corrected chi connectivity index (χ2v) is 3.45. The Morgan fingerprint density at radius 3 is 2.50 bits per heavy atom. The van der Waals surface area contributed by atoms with Crippen molar-refractivity contribution in [2.24, 2.45) is 0 Å². The summed E-state index contributed by atoms with van der Waals surface area (Å²) in [7, 11) is 0.793. The summed E-state index contributed by atoms with van der Waals surface area (Å²) in [4.78, 5) is 0. The smallest absolute Gasteiger partial charge is 0.458 e. The summed E-state index contributed by atoms with van der Waals surface area (Å²) >= 11 is 0. The molecule has 0 spiro atoms. The van der Waals surface area contributed by atoms with E-state index in [-0.39, 0.29) is 6.61 Å². The van der Waals surface area contributed by atoms with E-state index in [1.807, 2.05) is 24.3 Å². The molecule has 0 aliphatic heterocycles. The first-order valence-corrected chi connectivity index (χ1v) is 5.29. The Morgan fingerprint density at radius 1 is 1.25 bits per heavy atom. The lowest BCUT2D eigenvalue weighted by Gasteiger charge is -2.08. The van der Waals surface area contributed by atoms with Crippen LogP contribution in [0, 0.1) is 0 Å². The quantitative estimate of drug-likeness (QED) is 0.527. The average Bonchev–Trinajstić information content (AvgIpc) is 2.30. The Hall–Kier alpha value is -1.04. The van der Waals surface area contributed by atoms with Crippen molar-refractivity contribution in [3.63, 3.8) is 0 Å². The molecule has 1 aromatic carbocycles. The maximum atomic E-state index is 9.52. The first-order valence-electron chi connectivity index (χ1n) is 5.29. The van der Waals surface area contributed by atoms with Crippen molar-refractivity contribution in [1.82, 2.24) is 0 Å². The highest BCUT2D eigenvalue weighted by atomic mass is 16.5. The molecule has 0 amide bonds. The number of aliphatic hydroxyl groups is 1. The van der Waals surface area contributed by atoms with E-state index in [2.05, 4.69) is 0 Å². The molecule has 0 radical (unpaired) electrons. The first-order chi connectivity index (χ1) is 7.76. The molecule has 0 unspecified atom stereocenters.